The van der Waals surface area contributed by atoms with E-state index in [4.69, 9.17) is 21.1 Å². The molecule has 3 nitrogen and oxygen atoms in total. The molecule has 0 aliphatic carbocycles. The first-order valence-electron chi connectivity index (χ1n) is 6.87. The van der Waals surface area contributed by atoms with Crippen LogP contribution in [0.15, 0.2) is 48.5 Å². The van der Waals surface area contributed by atoms with Crippen molar-refractivity contribution in [2.24, 2.45) is 0 Å². The van der Waals surface area contributed by atoms with Crippen molar-refractivity contribution in [1.29, 1.82) is 0 Å². The minimum absolute atomic E-state index is 0.0973. The summed E-state index contributed by atoms with van der Waals surface area (Å²) in [6.45, 7) is 4.09. The number of hydrogen-bond donors (Lipinski definition) is 1. The third-order valence-electron chi connectivity index (χ3n) is 2.82. The molecule has 0 radical (unpaired) electrons. The van der Waals surface area contributed by atoms with Gasteiger partial charge in [-0.25, -0.2) is 0 Å². The lowest BCUT2D eigenvalue weighted by Crippen LogP contribution is -2.10. The van der Waals surface area contributed by atoms with E-state index in [1.807, 2.05) is 38.1 Å². The number of rotatable bonds is 6. The van der Waals surface area contributed by atoms with Gasteiger partial charge in [0.1, 0.15) is 24.2 Å². The molecular formula is C17H19ClO3. The van der Waals surface area contributed by atoms with Gasteiger partial charge < -0.3 is 14.6 Å². The SMILES string of the molecule is CC(C)Oc1cccc(C(O)COc2cccc(Cl)c2)c1. The van der Waals surface area contributed by atoms with Crippen molar-refractivity contribution in [1.82, 2.24) is 0 Å². The molecule has 2 aromatic carbocycles. The Labute approximate surface area is 130 Å². The van der Waals surface area contributed by atoms with E-state index in [1.165, 1.54) is 0 Å². The molecule has 4 heteroatoms. The van der Waals surface area contributed by atoms with Crippen molar-refractivity contribution in [3.8, 4) is 11.5 Å². The van der Waals surface area contributed by atoms with Gasteiger partial charge in [0.25, 0.3) is 0 Å². The molecule has 0 spiro atoms. The minimum atomic E-state index is -0.723. The van der Waals surface area contributed by atoms with Crippen molar-refractivity contribution in [2.75, 3.05) is 6.61 Å². The van der Waals surface area contributed by atoms with Crippen LogP contribution in [0.1, 0.15) is 25.5 Å². The Morgan fingerprint density at radius 3 is 2.48 bits per heavy atom. The quantitative estimate of drug-likeness (QED) is 0.867. The van der Waals surface area contributed by atoms with Crippen LogP contribution in [-0.4, -0.2) is 17.8 Å². The first kappa shape index (κ1) is 15.7. The van der Waals surface area contributed by atoms with E-state index in [0.29, 0.717) is 10.8 Å². The molecule has 0 bridgehead atoms. The minimum Gasteiger partial charge on any atom is -0.491 e. The lowest BCUT2D eigenvalue weighted by molar-refractivity contribution is 0.108. The molecule has 0 saturated heterocycles. The molecule has 112 valence electrons. The van der Waals surface area contributed by atoms with E-state index >= 15 is 0 Å². The summed E-state index contributed by atoms with van der Waals surface area (Å²) < 4.78 is 11.2. The summed E-state index contributed by atoms with van der Waals surface area (Å²) in [4.78, 5) is 0. The number of ether oxygens (including phenoxy) is 2. The second-order valence-corrected chi connectivity index (χ2v) is 5.46. The average Bonchev–Trinajstić information content (AvgIpc) is 2.44. The maximum atomic E-state index is 10.2. The average molecular weight is 307 g/mol. The van der Waals surface area contributed by atoms with Crippen LogP contribution in [-0.2, 0) is 0 Å². The van der Waals surface area contributed by atoms with Crippen LogP contribution >= 0.6 is 11.6 Å². The zero-order valence-electron chi connectivity index (χ0n) is 12.1. The molecule has 0 aromatic heterocycles. The van der Waals surface area contributed by atoms with E-state index in [1.54, 1.807) is 24.3 Å². The number of aliphatic hydroxyl groups is 1. The smallest absolute Gasteiger partial charge is 0.120 e. The van der Waals surface area contributed by atoms with Gasteiger partial charge in [0.15, 0.2) is 0 Å². The van der Waals surface area contributed by atoms with E-state index in [2.05, 4.69) is 0 Å². The number of halogens is 1. The summed E-state index contributed by atoms with van der Waals surface area (Å²) in [6, 6.07) is 14.5. The number of benzene rings is 2. The highest BCUT2D eigenvalue weighted by Gasteiger charge is 2.10. The lowest BCUT2D eigenvalue weighted by Gasteiger charge is -2.15. The van der Waals surface area contributed by atoms with Crippen LogP contribution in [0.25, 0.3) is 0 Å². The third-order valence-corrected chi connectivity index (χ3v) is 3.05. The second-order valence-electron chi connectivity index (χ2n) is 5.02. The molecule has 1 atom stereocenters. The van der Waals surface area contributed by atoms with Gasteiger partial charge in [-0.15, -0.1) is 0 Å². The fraction of sp³-hybridized carbons (Fsp3) is 0.294. The van der Waals surface area contributed by atoms with Crippen LogP contribution in [0.3, 0.4) is 0 Å². The first-order chi connectivity index (χ1) is 10.0. The van der Waals surface area contributed by atoms with Crippen molar-refractivity contribution in [3.63, 3.8) is 0 Å². The Morgan fingerprint density at radius 1 is 1.05 bits per heavy atom. The van der Waals surface area contributed by atoms with Gasteiger partial charge >= 0.3 is 0 Å². The Bertz CT molecular complexity index is 584. The largest absolute Gasteiger partial charge is 0.491 e. The molecular weight excluding hydrogens is 288 g/mol. The van der Waals surface area contributed by atoms with Crippen molar-refractivity contribution < 1.29 is 14.6 Å². The summed E-state index contributed by atoms with van der Waals surface area (Å²) in [5, 5.41) is 10.8. The zero-order valence-corrected chi connectivity index (χ0v) is 12.9. The molecule has 0 amide bonds. The summed E-state index contributed by atoms with van der Waals surface area (Å²) in [7, 11) is 0. The second kappa shape index (κ2) is 7.34. The Morgan fingerprint density at radius 2 is 1.76 bits per heavy atom. The van der Waals surface area contributed by atoms with E-state index in [-0.39, 0.29) is 12.7 Å². The first-order valence-corrected chi connectivity index (χ1v) is 7.25. The van der Waals surface area contributed by atoms with Crippen LogP contribution in [0.2, 0.25) is 5.02 Å². The van der Waals surface area contributed by atoms with Crippen molar-refractivity contribution in [3.05, 3.63) is 59.1 Å². The van der Waals surface area contributed by atoms with Crippen LogP contribution in [0, 0.1) is 0 Å². The molecule has 0 fully saturated rings. The van der Waals surface area contributed by atoms with Gasteiger partial charge in [-0.3, -0.25) is 0 Å². The van der Waals surface area contributed by atoms with Gasteiger partial charge in [0, 0.05) is 5.02 Å². The van der Waals surface area contributed by atoms with Gasteiger partial charge in [0.2, 0.25) is 0 Å². The Kier molecular flexibility index (Phi) is 5.48. The maximum Gasteiger partial charge on any atom is 0.120 e. The molecule has 0 heterocycles. The monoisotopic (exact) mass is 306 g/mol. The lowest BCUT2D eigenvalue weighted by atomic mass is 10.1. The van der Waals surface area contributed by atoms with Crippen molar-refractivity contribution in [2.45, 2.75) is 26.1 Å². The predicted octanol–water partition coefficient (Wildman–Crippen LogP) is 4.24. The van der Waals surface area contributed by atoms with Crippen LogP contribution in [0.4, 0.5) is 0 Å². The maximum absolute atomic E-state index is 10.2. The highest BCUT2D eigenvalue weighted by Crippen LogP contribution is 2.22. The summed E-state index contributed by atoms with van der Waals surface area (Å²) >= 11 is 5.89. The molecule has 2 rings (SSSR count). The third kappa shape index (κ3) is 4.96. The Hall–Kier alpha value is -1.71. The molecule has 21 heavy (non-hydrogen) atoms. The van der Waals surface area contributed by atoms with E-state index in [0.717, 1.165) is 11.3 Å². The topological polar surface area (TPSA) is 38.7 Å². The normalized spacial score (nSPS) is 12.2. The fourth-order valence-corrected chi connectivity index (χ4v) is 2.08. The standard InChI is InChI=1S/C17H19ClO3/c1-12(2)21-16-8-3-5-13(9-16)17(19)11-20-15-7-4-6-14(18)10-15/h3-10,12,17,19H,11H2,1-2H3. The summed E-state index contributed by atoms with van der Waals surface area (Å²) in [5.41, 5.74) is 0.759. The van der Waals surface area contributed by atoms with Crippen molar-refractivity contribution >= 4 is 11.6 Å². The van der Waals surface area contributed by atoms with Crippen LogP contribution < -0.4 is 9.47 Å². The summed E-state index contributed by atoms with van der Waals surface area (Å²) in [6.07, 6.45) is -0.625. The number of hydrogen-bond acceptors (Lipinski definition) is 3. The van der Waals surface area contributed by atoms with Gasteiger partial charge in [-0.1, -0.05) is 29.8 Å². The molecule has 0 aliphatic rings. The molecule has 2 aromatic rings. The van der Waals surface area contributed by atoms with Gasteiger partial charge in [-0.05, 0) is 49.7 Å². The summed E-state index contributed by atoms with van der Waals surface area (Å²) in [5.74, 6) is 1.38. The molecule has 1 N–H and O–H groups in total. The molecule has 0 saturated carbocycles. The molecule has 1 unspecified atom stereocenters. The van der Waals surface area contributed by atoms with E-state index in [9.17, 15) is 5.11 Å². The highest BCUT2D eigenvalue weighted by atomic mass is 35.5. The molecule has 0 aliphatic heterocycles. The van der Waals surface area contributed by atoms with E-state index < -0.39 is 6.10 Å². The Balaban J connectivity index is 1.98. The highest BCUT2D eigenvalue weighted by molar-refractivity contribution is 6.30. The predicted molar refractivity (Wildman–Crippen MR) is 84.1 cm³/mol. The number of aliphatic hydroxyl groups excluding tert-OH is 1. The van der Waals surface area contributed by atoms with Gasteiger partial charge in [-0.2, -0.15) is 0 Å². The zero-order chi connectivity index (χ0) is 15.2. The van der Waals surface area contributed by atoms with Gasteiger partial charge in [0.05, 0.1) is 6.10 Å². The van der Waals surface area contributed by atoms with Crippen LogP contribution in [0.5, 0.6) is 11.5 Å². The fourth-order valence-electron chi connectivity index (χ4n) is 1.90.